The topological polar surface area (TPSA) is 40.6 Å². The maximum absolute atomic E-state index is 11.1. The summed E-state index contributed by atoms with van der Waals surface area (Å²) in [5.41, 5.74) is 0.875. The van der Waals surface area contributed by atoms with Crippen molar-refractivity contribution in [2.24, 2.45) is 0 Å². The Labute approximate surface area is 101 Å². The van der Waals surface area contributed by atoms with Gasteiger partial charge in [-0.1, -0.05) is 18.2 Å². The Morgan fingerprint density at radius 3 is 2.71 bits per heavy atom. The van der Waals surface area contributed by atoms with Crippen molar-refractivity contribution in [2.75, 3.05) is 18.0 Å². The highest BCUT2D eigenvalue weighted by atomic mass is 16.1. The van der Waals surface area contributed by atoms with Crippen molar-refractivity contribution in [3.05, 3.63) is 30.3 Å². The van der Waals surface area contributed by atoms with E-state index in [2.05, 4.69) is 0 Å². The van der Waals surface area contributed by atoms with Crippen LogP contribution in [0.2, 0.25) is 0 Å². The van der Waals surface area contributed by atoms with Gasteiger partial charge in [-0.25, -0.2) is 0 Å². The van der Waals surface area contributed by atoms with E-state index in [-0.39, 0.29) is 6.04 Å². The van der Waals surface area contributed by atoms with Crippen molar-refractivity contribution in [3.8, 4) is 0 Å². The highest BCUT2D eigenvalue weighted by Gasteiger charge is 2.25. The van der Waals surface area contributed by atoms with E-state index in [4.69, 9.17) is 0 Å². The van der Waals surface area contributed by atoms with Gasteiger partial charge in [0.15, 0.2) is 0 Å². The molecule has 0 N–H and O–H groups in total. The maximum atomic E-state index is 11.1. The molecule has 1 aromatic rings. The summed E-state index contributed by atoms with van der Waals surface area (Å²) in [4.78, 5) is 25.4. The molecule has 0 spiro atoms. The van der Waals surface area contributed by atoms with Crippen LogP contribution in [0.15, 0.2) is 30.3 Å². The zero-order valence-corrected chi connectivity index (χ0v) is 9.66. The first-order valence-electron chi connectivity index (χ1n) is 5.83. The third kappa shape index (κ3) is 2.64. The second-order valence-corrected chi connectivity index (χ2v) is 4.23. The minimum absolute atomic E-state index is 0.151. The molecule has 0 unspecified atom stereocenters. The maximum Gasteiger partial charge on any atom is 0.214 e. The van der Waals surface area contributed by atoms with Crippen LogP contribution in [-0.4, -0.2) is 36.9 Å². The van der Waals surface area contributed by atoms with Crippen LogP contribution in [0.1, 0.15) is 12.8 Å². The van der Waals surface area contributed by atoms with E-state index in [0.717, 1.165) is 37.9 Å². The van der Waals surface area contributed by atoms with Gasteiger partial charge in [-0.15, -0.1) is 0 Å². The van der Waals surface area contributed by atoms with Gasteiger partial charge in [0, 0.05) is 24.8 Å². The van der Waals surface area contributed by atoms with Crippen molar-refractivity contribution >= 4 is 18.5 Å². The number of rotatable bonds is 5. The monoisotopic (exact) mass is 232 g/mol. The van der Waals surface area contributed by atoms with E-state index in [1.165, 1.54) is 0 Å². The van der Waals surface area contributed by atoms with Crippen LogP contribution < -0.4 is 4.90 Å². The molecular weight excluding hydrogens is 216 g/mol. The van der Waals surface area contributed by atoms with Crippen LogP contribution in [-0.2, 0) is 9.59 Å². The summed E-state index contributed by atoms with van der Waals surface area (Å²) < 4.78 is 0. The summed E-state index contributed by atoms with van der Waals surface area (Å²) in [5, 5.41) is 0. The SMILES string of the molecule is O=CN(C[C@@H]1CCCN1C=O)c1ccccc1. The van der Waals surface area contributed by atoms with Crippen LogP contribution in [0.3, 0.4) is 0 Å². The lowest BCUT2D eigenvalue weighted by molar-refractivity contribution is -0.119. The molecule has 17 heavy (non-hydrogen) atoms. The number of carbonyl (C=O) groups is 2. The summed E-state index contributed by atoms with van der Waals surface area (Å²) in [7, 11) is 0. The molecular formula is C13H16N2O2. The highest BCUT2D eigenvalue weighted by Crippen LogP contribution is 2.19. The number of nitrogens with zero attached hydrogens (tertiary/aromatic N) is 2. The van der Waals surface area contributed by atoms with Gasteiger partial charge in [-0.05, 0) is 25.0 Å². The molecule has 1 aromatic carbocycles. The third-order valence-corrected chi connectivity index (χ3v) is 3.18. The number of hydrogen-bond donors (Lipinski definition) is 0. The molecule has 0 saturated carbocycles. The van der Waals surface area contributed by atoms with Gasteiger partial charge in [-0.2, -0.15) is 0 Å². The first kappa shape index (κ1) is 11.6. The van der Waals surface area contributed by atoms with Crippen LogP contribution in [0.25, 0.3) is 0 Å². The minimum atomic E-state index is 0.151. The van der Waals surface area contributed by atoms with Crippen molar-refractivity contribution < 1.29 is 9.59 Å². The van der Waals surface area contributed by atoms with E-state index in [0.29, 0.717) is 6.54 Å². The average Bonchev–Trinajstić information content (AvgIpc) is 2.84. The molecule has 4 heteroatoms. The number of amides is 2. The molecule has 2 amide bonds. The first-order valence-corrected chi connectivity index (χ1v) is 5.83. The smallest absolute Gasteiger partial charge is 0.214 e. The van der Waals surface area contributed by atoms with E-state index < -0.39 is 0 Å². The molecule has 1 heterocycles. The average molecular weight is 232 g/mol. The molecule has 0 radical (unpaired) electrons. The molecule has 1 aliphatic heterocycles. The Hall–Kier alpha value is -1.84. The van der Waals surface area contributed by atoms with Crippen LogP contribution in [0, 0.1) is 0 Å². The number of likely N-dealkylation sites (tertiary alicyclic amines) is 1. The molecule has 1 atom stereocenters. The second kappa shape index (κ2) is 5.48. The molecule has 1 saturated heterocycles. The fraction of sp³-hybridized carbons (Fsp3) is 0.385. The van der Waals surface area contributed by atoms with E-state index in [1.807, 2.05) is 30.3 Å². The lowest BCUT2D eigenvalue weighted by Gasteiger charge is -2.26. The number of benzene rings is 1. The van der Waals surface area contributed by atoms with Gasteiger partial charge < -0.3 is 9.80 Å². The zero-order valence-electron chi connectivity index (χ0n) is 9.66. The summed E-state index contributed by atoms with van der Waals surface area (Å²) in [6.07, 6.45) is 3.70. The quantitative estimate of drug-likeness (QED) is 0.717. The van der Waals surface area contributed by atoms with Crippen molar-refractivity contribution in [3.63, 3.8) is 0 Å². The largest absolute Gasteiger partial charge is 0.340 e. The first-order chi connectivity index (χ1) is 8.35. The Balaban J connectivity index is 2.05. The lowest BCUT2D eigenvalue weighted by atomic mass is 10.2. The molecule has 2 rings (SSSR count). The Bertz CT molecular complexity index is 380. The van der Waals surface area contributed by atoms with E-state index in [9.17, 15) is 9.59 Å². The van der Waals surface area contributed by atoms with Crippen LogP contribution >= 0.6 is 0 Å². The van der Waals surface area contributed by atoms with Crippen molar-refractivity contribution in [1.82, 2.24) is 4.90 Å². The standard InChI is InChI=1S/C13H16N2O2/c16-10-14-8-4-7-13(14)9-15(11-17)12-5-2-1-3-6-12/h1-3,5-6,10-11,13H,4,7-9H2/t13-/m0/s1. The second-order valence-electron chi connectivity index (χ2n) is 4.23. The Morgan fingerprint density at radius 1 is 1.29 bits per heavy atom. The number of carbonyl (C=O) groups excluding carboxylic acids is 2. The molecule has 90 valence electrons. The van der Waals surface area contributed by atoms with Gasteiger partial charge in [0.25, 0.3) is 0 Å². The predicted octanol–water partition coefficient (Wildman–Crippen LogP) is 1.27. The summed E-state index contributed by atoms with van der Waals surface area (Å²) >= 11 is 0. The Morgan fingerprint density at radius 2 is 2.06 bits per heavy atom. The summed E-state index contributed by atoms with van der Waals surface area (Å²) in [5.74, 6) is 0. The normalized spacial score (nSPS) is 19.1. The fourth-order valence-corrected chi connectivity index (χ4v) is 2.25. The lowest BCUT2D eigenvalue weighted by Crippen LogP contribution is -2.39. The number of para-hydroxylation sites is 1. The molecule has 4 nitrogen and oxygen atoms in total. The van der Waals surface area contributed by atoms with Gasteiger partial charge in [0.1, 0.15) is 0 Å². The molecule has 0 aliphatic carbocycles. The van der Waals surface area contributed by atoms with Crippen LogP contribution in [0.5, 0.6) is 0 Å². The molecule has 1 fully saturated rings. The van der Waals surface area contributed by atoms with E-state index >= 15 is 0 Å². The minimum Gasteiger partial charge on any atom is -0.340 e. The van der Waals surface area contributed by atoms with Gasteiger partial charge in [0.05, 0.1) is 0 Å². The predicted molar refractivity (Wildman–Crippen MR) is 65.6 cm³/mol. The summed E-state index contributed by atoms with van der Waals surface area (Å²) in [6.45, 7) is 1.38. The van der Waals surface area contributed by atoms with Crippen LogP contribution in [0.4, 0.5) is 5.69 Å². The molecule has 0 aromatic heterocycles. The van der Waals surface area contributed by atoms with Gasteiger partial charge in [0.2, 0.25) is 12.8 Å². The third-order valence-electron chi connectivity index (χ3n) is 3.18. The molecule has 0 bridgehead atoms. The summed E-state index contributed by atoms with van der Waals surface area (Å²) in [6, 6.07) is 9.66. The van der Waals surface area contributed by atoms with E-state index in [1.54, 1.807) is 9.80 Å². The van der Waals surface area contributed by atoms with Crippen molar-refractivity contribution in [2.45, 2.75) is 18.9 Å². The number of hydrogen-bond acceptors (Lipinski definition) is 2. The molecule has 1 aliphatic rings. The van der Waals surface area contributed by atoms with Gasteiger partial charge in [-0.3, -0.25) is 9.59 Å². The Kier molecular flexibility index (Phi) is 3.75. The number of anilines is 1. The van der Waals surface area contributed by atoms with Gasteiger partial charge >= 0.3 is 0 Å². The van der Waals surface area contributed by atoms with Crippen molar-refractivity contribution in [1.29, 1.82) is 0 Å². The highest BCUT2D eigenvalue weighted by molar-refractivity contribution is 5.75. The zero-order chi connectivity index (χ0) is 12.1. The fourth-order valence-electron chi connectivity index (χ4n) is 2.25.